The smallest absolute Gasteiger partial charge is 0.419 e. The molecule has 1 aliphatic rings. The van der Waals surface area contributed by atoms with Crippen LogP contribution in [-0.2, 0) is 6.18 Å². The second kappa shape index (κ2) is 8.37. The zero-order valence-corrected chi connectivity index (χ0v) is 17.1. The third kappa shape index (κ3) is 4.61. The van der Waals surface area contributed by atoms with Crippen molar-refractivity contribution in [3.05, 3.63) is 59.7 Å². The lowest BCUT2D eigenvalue weighted by Gasteiger charge is -2.28. The summed E-state index contributed by atoms with van der Waals surface area (Å²) >= 11 is 0. The number of nitrogens with zero attached hydrogens (tertiary/aromatic N) is 6. The van der Waals surface area contributed by atoms with Crippen molar-refractivity contribution in [1.29, 1.82) is 0 Å². The number of carbonyl (C=O) groups excluding carboxylic acids is 1. The van der Waals surface area contributed by atoms with E-state index in [-0.39, 0.29) is 12.1 Å². The first-order valence-electron chi connectivity index (χ1n) is 9.74. The highest BCUT2D eigenvalue weighted by Crippen LogP contribution is 2.36. The molecule has 0 spiro atoms. The normalized spacial score (nSPS) is 17.9. The molecule has 3 heterocycles. The molecular formula is C20H17F5N6O2. The Morgan fingerprint density at radius 2 is 1.85 bits per heavy atom. The summed E-state index contributed by atoms with van der Waals surface area (Å²) in [7, 11) is 0. The lowest BCUT2D eigenvalue weighted by molar-refractivity contribution is -0.138. The fraction of sp³-hybridized carbons (Fsp3) is 0.350. The predicted molar refractivity (Wildman–Crippen MR) is 103 cm³/mol. The molecule has 174 valence electrons. The minimum Gasteiger partial charge on any atom is -0.461 e. The molecule has 1 fully saturated rings. The molecule has 33 heavy (non-hydrogen) atoms. The van der Waals surface area contributed by atoms with Crippen molar-refractivity contribution in [2.75, 3.05) is 13.2 Å². The molecule has 4 rings (SSSR count). The molecular weight excluding hydrogens is 451 g/mol. The van der Waals surface area contributed by atoms with Gasteiger partial charge in [0.25, 0.3) is 11.8 Å². The van der Waals surface area contributed by atoms with Gasteiger partial charge >= 0.3 is 12.2 Å². The van der Waals surface area contributed by atoms with Crippen LogP contribution in [0.5, 0.6) is 6.01 Å². The maximum absolute atomic E-state index is 14.6. The van der Waals surface area contributed by atoms with Crippen LogP contribution < -0.4 is 4.74 Å². The monoisotopic (exact) mass is 468 g/mol. The Labute approximate surface area is 184 Å². The van der Waals surface area contributed by atoms with E-state index in [4.69, 9.17) is 4.74 Å². The molecule has 0 aliphatic carbocycles. The van der Waals surface area contributed by atoms with E-state index in [2.05, 4.69) is 20.2 Å². The molecule has 0 radical (unpaired) electrons. The second-order valence-electron chi connectivity index (χ2n) is 7.43. The molecule has 2 aromatic heterocycles. The van der Waals surface area contributed by atoms with Gasteiger partial charge < -0.3 is 9.64 Å². The largest absolute Gasteiger partial charge is 0.461 e. The number of hydrogen-bond acceptors (Lipinski definition) is 6. The Hall–Kier alpha value is -3.64. The number of aromatic nitrogens is 5. The Balaban J connectivity index is 1.57. The Kier molecular flexibility index (Phi) is 5.72. The fourth-order valence-corrected chi connectivity index (χ4v) is 3.46. The average Bonchev–Trinajstić information content (AvgIpc) is 3.39. The molecule has 1 atom stereocenters. The molecule has 3 aromatic rings. The van der Waals surface area contributed by atoms with Gasteiger partial charge in [-0.25, -0.2) is 18.7 Å². The van der Waals surface area contributed by atoms with Crippen LogP contribution in [-0.4, -0.2) is 60.9 Å². The molecule has 13 heteroatoms. The quantitative estimate of drug-likeness (QED) is 0.534. The summed E-state index contributed by atoms with van der Waals surface area (Å²) in [6.45, 7) is 0.803. The number of amides is 1. The zero-order valence-electron chi connectivity index (χ0n) is 17.1. The topological polar surface area (TPSA) is 86.0 Å². The fourth-order valence-electron chi connectivity index (χ4n) is 3.46. The van der Waals surface area contributed by atoms with Gasteiger partial charge in [0, 0.05) is 25.4 Å². The summed E-state index contributed by atoms with van der Waals surface area (Å²) in [4.78, 5) is 22.3. The number of benzene rings is 1. The van der Waals surface area contributed by atoms with Crippen molar-refractivity contribution in [2.45, 2.75) is 31.5 Å². The van der Waals surface area contributed by atoms with E-state index in [1.807, 2.05) is 0 Å². The first-order valence-corrected chi connectivity index (χ1v) is 9.74. The summed E-state index contributed by atoms with van der Waals surface area (Å²) in [5, 5.41) is 8.00. The van der Waals surface area contributed by atoms with Gasteiger partial charge in [-0.3, -0.25) is 4.79 Å². The van der Waals surface area contributed by atoms with E-state index >= 15 is 0 Å². The standard InChI is InChI=1S/C20H17F5N6O2/c1-12-2-3-15(31-28-5-6-29-31)14(8-12)17(32)30-7-4-19(21,22)16(30)11-33-18-26-9-13(10-27-18)20(23,24)25/h2-3,5-6,8-10,16H,4,7,11H2,1H3. The van der Waals surface area contributed by atoms with Crippen molar-refractivity contribution in [3.8, 4) is 11.7 Å². The van der Waals surface area contributed by atoms with Gasteiger partial charge in [0.15, 0.2) is 0 Å². The third-order valence-corrected chi connectivity index (χ3v) is 5.15. The van der Waals surface area contributed by atoms with E-state index < -0.39 is 48.6 Å². The number of rotatable bonds is 5. The molecule has 1 amide bonds. The van der Waals surface area contributed by atoms with Crippen LogP contribution in [0, 0.1) is 6.92 Å². The minimum atomic E-state index is -4.64. The number of ether oxygens (including phenoxy) is 1. The molecule has 0 bridgehead atoms. The second-order valence-corrected chi connectivity index (χ2v) is 7.43. The van der Waals surface area contributed by atoms with Crippen molar-refractivity contribution < 1.29 is 31.5 Å². The molecule has 0 saturated carbocycles. The zero-order chi connectivity index (χ0) is 23.8. The first kappa shape index (κ1) is 22.6. The minimum absolute atomic E-state index is 0.125. The maximum Gasteiger partial charge on any atom is 0.419 e. The van der Waals surface area contributed by atoms with Gasteiger partial charge in [0.1, 0.15) is 12.6 Å². The average molecular weight is 468 g/mol. The van der Waals surface area contributed by atoms with Crippen LogP contribution in [0.4, 0.5) is 22.0 Å². The molecule has 1 aliphatic heterocycles. The number of alkyl halides is 5. The molecule has 1 unspecified atom stereocenters. The summed E-state index contributed by atoms with van der Waals surface area (Å²) in [6, 6.07) is 2.72. The van der Waals surface area contributed by atoms with Crippen LogP contribution in [0.25, 0.3) is 5.69 Å². The van der Waals surface area contributed by atoms with Gasteiger partial charge in [-0.15, -0.1) is 0 Å². The third-order valence-electron chi connectivity index (χ3n) is 5.15. The number of aryl methyl sites for hydroxylation is 1. The van der Waals surface area contributed by atoms with Crippen LogP contribution >= 0.6 is 0 Å². The highest BCUT2D eigenvalue weighted by molar-refractivity contribution is 5.98. The van der Waals surface area contributed by atoms with Crippen molar-refractivity contribution in [1.82, 2.24) is 29.9 Å². The van der Waals surface area contributed by atoms with E-state index in [1.165, 1.54) is 17.2 Å². The van der Waals surface area contributed by atoms with Crippen molar-refractivity contribution >= 4 is 5.91 Å². The Morgan fingerprint density at radius 3 is 2.48 bits per heavy atom. The van der Waals surface area contributed by atoms with E-state index in [1.54, 1.807) is 25.1 Å². The van der Waals surface area contributed by atoms with Crippen LogP contribution in [0.15, 0.2) is 43.0 Å². The van der Waals surface area contributed by atoms with Crippen molar-refractivity contribution in [2.24, 2.45) is 0 Å². The molecule has 8 nitrogen and oxygen atoms in total. The van der Waals surface area contributed by atoms with Crippen LogP contribution in [0.3, 0.4) is 0 Å². The number of halogens is 5. The van der Waals surface area contributed by atoms with E-state index in [0.29, 0.717) is 18.1 Å². The predicted octanol–water partition coefficient (Wildman–Crippen LogP) is 3.31. The SMILES string of the molecule is Cc1ccc(-n2nccn2)c(C(=O)N2CCC(F)(F)C2COc2ncc(C(F)(F)F)cn2)c1. The van der Waals surface area contributed by atoms with Crippen LogP contribution in [0.2, 0.25) is 0 Å². The summed E-state index contributed by atoms with van der Waals surface area (Å²) in [5.74, 6) is -3.96. The Morgan fingerprint density at radius 1 is 1.18 bits per heavy atom. The molecule has 1 aromatic carbocycles. The lowest BCUT2D eigenvalue weighted by Crippen LogP contribution is -2.46. The van der Waals surface area contributed by atoms with E-state index in [9.17, 15) is 26.7 Å². The summed E-state index contributed by atoms with van der Waals surface area (Å²) in [5.41, 5.74) is 0.0689. The van der Waals surface area contributed by atoms with Gasteiger partial charge in [0.2, 0.25) is 0 Å². The number of likely N-dealkylation sites (tertiary alicyclic amines) is 1. The highest BCUT2D eigenvalue weighted by Gasteiger charge is 2.51. The lowest BCUT2D eigenvalue weighted by atomic mass is 10.1. The number of hydrogen-bond donors (Lipinski definition) is 0. The van der Waals surface area contributed by atoms with Crippen LogP contribution in [0.1, 0.15) is 27.9 Å². The maximum atomic E-state index is 14.6. The summed E-state index contributed by atoms with van der Waals surface area (Å²) in [6.07, 6.45) is -1.42. The molecule has 1 saturated heterocycles. The van der Waals surface area contributed by atoms with Crippen molar-refractivity contribution in [3.63, 3.8) is 0 Å². The van der Waals surface area contributed by atoms with Gasteiger partial charge in [0.05, 0.1) is 29.2 Å². The van der Waals surface area contributed by atoms with Gasteiger partial charge in [-0.1, -0.05) is 11.6 Å². The first-order chi connectivity index (χ1) is 15.6. The molecule has 0 N–H and O–H groups in total. The van der Waals surface area contributed by atoms with E-state index in [0.717, 1.165) is 10.5 Å². The Bertz CT molecular complexity index is 1130. The van der Waals surface area contributed by atoms with Gasteiger partial charge in [-0.2, -0.15) is 28.2 Å². The highest BCUT2D eigenvalue weighted by atomic mass is 19.4. The number of carbonyl (C=O) groups is 1. The summed E-state index contributed by atoms with van der Waals surface area (Å²) < 4.78 is 72.3. The van der Waals surface area contributed by atoms with Gasteiger partial charge in [-0.05, 0) is 19.1 Å².